The van der Waals surface area contributed by atoms with Gasteiger partial charge in [-0.15, -0.1) is 4.48 Å². The minimum Gasteiger partial charge on any atom is -0.355 e. The van der Waals surface area contributed by atoms with Crippen LogP contribution in [0.2, 0.25) is 0 Å². The van der Waals surface area contributed by atoms with Gasteiger partial charge in [0.2, 0.25) is 0 Å². The van der Waals surface area contributed by atoms with Gasteiger partial charge in [-0.2, -0.15) is 5.10 Å². The van der Waals surface area contributed by atoms with Gasteiger partial charge in [-0.1, -0.05) is 11.3 Å². The third kappa shape index (κ3) is 3.95. The van der Waals surface area contributed by atoms with Crippen molar-refractivity contribution in [2.75, 3.05) is 5.32 Å². The molecule has 11 heteroatoms. The second-order valence-corrected chi connectivity index (χ2v) is 9.13. The van der Waals surface area contributed by atoms with E-state index in [1.807, 2.05) is 25.1 Å². The van der Waals surface area contributed by atoms with E-state index in [4.69, 9.17) is 0 Å². The first kappa shape index (κ1) is 18.9. The van der Waals surface area contributed by atoms with Crippen molar-refractivity contribution in [3.8, 4) is 10.6 Å². The largest absolute Gasteiger partial charge is 0.355 e. The lowest BCUT2D eigenvalue weighted by Crippen LogP contribution is -2.14. The van der Waals surface area contributed by atoms with E-state index in [1.165, 1.54) is 18.2 Å². The molecular formula is C15H12FIN4O3S2. The molecule has 0 radical (unpaired) electrons. The highest BCUT2D eigenvalue weighted by Gasteiger charge is 2.18. The summed E-state index contributed by atoms with van der Waals surface area (Å²) < 4.78 is 37.2. The Kier molecular flexibility index (Phi) is 5.41. The van der Waals surface area contributed by atoms with Crippen molar-refractivity contribution in [2.24, 2.45) is 0 Å². The number of aromatic nitrogens is 2. The number of hydrogen-bond donors (Lipinski definition) is 3. The lowest BCUT2D eigenvalue weighted by atomic mass is 10.1. The third-order valence-corrected chi connectivity index (χ3v) is 6.06. The summed E-state index contributed by atoms with van der Waals surface area (Å²) in [4.78, 5) is 11.6. The Balaban J connectivity index is 2.13. The van der Waals surface area contributed by atoms with E-state index in [1.54, 1.807) is 0 Å². The van der Waals surface area contributed by atoms with Crippen LogP contribution in [-0.2, 0) is 10.0 Å². The number of halogens is 2. The fourth-order valence-electron chi connectivity index (χ4n) is 2.28. The molecule has 136 valence electrons. The molecule has 0 aliphatic heterocycles. The Morgan fingerprint density at radius 1 is 1.19 bits per heavy atom. The quantitative estimate of drug-likeness (QED) is 0.364. The van der Waals surface area contributed by atoms with Crippen molar-refractivity contribution in [1.82, 2.24) is 15.1 Å². The molecule has 0 spiro atoms. The summed E-state index contributed by atoms with van der Waals surface area (Å²) in [6.45, 7) is 1.93. The Labute approximate surface area is 165 Å². The zero-order chi connectivity index (χ0) is 18.9. The average Bonchev–Trinajstić information content (AvgIpc) is 3.03. The van der Waals surface area contributed by atoms with Gasteiger partial charge >= 0.3 is 4.87 Å². The van der Waals surface area contributed by atoms with Crippen LogP contribution in [0.1, 0.15) is 5.56 Å². The van der Waals surface area contributed by atoms with Crippen molar-refractivity contribution in [1.29, 1.82) is 0 Å². The fourth-order valence-corrected chi connectivity index (χ4v) is 4.17. The standard InChI is InChI=1S/C15H12FIN4O3S2/c1-8-6-9(17)2-4-12(8)18-13-5-3-10(26(23,24)21-16)7-11(13)14-19-20-15(22)25-14/h2-7,18,21H,1H3,(H,20,22). The highest BCUT2D eigenvalue weighted by atomic mass is 127. The van der Waals surface area contributed by atoms with E-state index in [2.05, 4.69) is 38.1 Å². The van der Waals surface area contributed by atoms with Crippen molar-refractivity contribution in [3.05, 3.63) is 55.2 Å². The summed E-state index contributed by atoms with van der Waals surface area (Å²) in [5.74, 6) is 0. The minimum absolute atomic E-state index is 0.275. The van der Waals surface area contributed by atoms with Gasteiger partial charge in [0.05, 0.1) is 4.90 Å². The summed E-state index contributed by atoms with van der Waals surface area (Å²) in [6, 6.07) is 9.84. The smallest absolute Gasteiger partial charge is 0.322 e. The van der Waals surface area contributed by atoms with Gasteiger partial charge in [0, 0.05) is 20.5 Å². The zero-order valence-electron chi connectivity index (χ0n) is 13.2. The van der Waals surface area contributed by atoms with Gasteiger partial charge in [0.15, 0.2) is 5.01 Å². The van der Waals surface area contributed by atoms with Gasteiger partial charge in [0.1, 0.15) is 0 Å². The predicted octanol–water partition coefficient (Wildman–Crippen LogP) is 3.32. The number of rotatable bonds is 5. The molecule has 3 N–H and O–H groups in total. The molecule has 7 nitrogen and oxygen atoms in total. The Hall–Kier alpha value is -1.83. The van der Waals surface area contributed by atoms with Gasteiger partial charge in [0.25, 0.3) is 10.0 Å². The first-order chi connectivity index (χ1) is 12.3. The van der Waals surface area contributed by atoms with Crippen LogP contribution in [-0.4, -0.2) is 18.6 Å². The Morgan fingerprint density at radius 3 is 2.54 bits per heavy atom. The molecule has 0 unspecified atom stereocenters. The molecule has 0 amide bonds. The lowest BCUT2D eigenvalue weighted by molar-refractivity contribution is 0.425. The molecule has 3 aromatic rings. The SMILES string of the molecule is Cc1cc(I)ccc1Nc1ccc(S(=O)(=O)NF)cc1-c1n[nH]c(=O)s1. The van der Waals surface area contributed by atoms with E-state index in [-0.39, 0.29) is 14.8 Å². The van der Waals surface area contributed by atoms with E-state index in [0.717, 1.165) is 31.1 Å². The second kappa shape index (κ2) is 7.42. The minimum atomic E-state index is -4.28. The monoisotopic (exact) mass is 506 g/mol. The lowest BCUT2D eigenvalue weighted by Gasteiger charge is -2.14. The van der Waals surface area contributed by atoms with Crippen LogP contribution in [0.15, 0.2) is 46.1 Å². The summed E-state index contributed by atoms with van der Waals surface area (Å²) in [7, 11) is -4.28. The average molecular weight is 506 g/mol. The van der Waals surface area contributed by atoms with E-state index in [0.29, 0.717) is 11.3 Å². The highest BCUT2D eigenvalue weighted by molar-refractivity contribution is 14.1. The molecule has 0 bridgehead atoms. The number of aromatic amines is 1. The number of anilines is 2. The molecule has 3 rings (SSSR count). The fraction of sp³-hybridized carbons (Fsp3) is 0.0667. The van der Waals surface area contributed by atoms with Crippen LogP contribution in [0.4, 0.5) is 15.9 Å². The summed E-state index contributed by atoms with van der Waals surface area (Å²) in [5, 5.41) is 9.70. The van der Waals surface area contributed by atoms with Crippen LogP contribution in [0, 0.1) is 10.5 Å². The zero-order valence-corrected chi connectivity index (χ0v) is 17.0. The van der Waals surface area contributed by atoms with Crippen LogP contribution in [0.25, 0.3) is 10.6 Å². The van der Waals surface area contributed by atoms with Crippen LogP contribution >= 0.6 is 33.9 Å². The first-order valence-electron chi connectivity index (χ1n) is 7.16. The first-order valence-corrected chi connectivity index (χ1v) is 10.5. The van der Waals surface area contributed by atoms with E-state index in [9.17, 15) is 17.7 Å². The Bertz CT molecular complexity index is 1130. The number of aryl methyl sites for hydroxylation is 1. The van der Waals surface area contributed by atoms with Crippen molar-refractivity contribution >= 4 is 55.3 Å². The molecule has 0 aliphatic rings. The van der Waals surface area contributed by atoms with Crippen LogP contribution in [0.3, 0.4) is 0 Å². The Morgan fingerprint density at radius 2 is 1.92 bits per heavy atom. The van der Waals surface area contributed by atoms with Crippen LogP contribution in [0.5, 0.6) is 0 Å². The molecule has 2 aromatic carbocycles. The number of nitrogens with zero attached hydrogens (tertiary/aromatic N) is 1. The molecule has 0 aliphatic carbocycles. The van der Waals surface area contributed by atoms with E-state index >= 15 is 0 Å². The highest BCUT2D eigenvalue weighted by Crippen LogP contribution is 2.33. The summed E-state index contributed by atoms with van der Waals surface area (Å²) in [6.07, 6.45) is 0. The van der Waals surface area contributed by atoms with Crippen molar-refractivity contribution in [3.63, 3.8) is 0 Å². The molecule has 0 saturated carbocycles. The number of H-pyrrole nitrogens is 1. The van der Waals surface area contributed by atoms with Crippen molar-refractivity contribution < 1.29 is 12.9 Å². The van der Waals surface area contributed by atoms with E-state index < -0.39 is 10.0 Å². The van der Waals surface area contributed by atoms with Crippen LogP contribution < -0.4 is 15.1 Å². The molecule has 0 atom stereocenters. The number of hydrogen-bond acceptors (Lipinski definition) is 6. The number of benzene rings is 2. The molecular weight excluding hydrogens is 494 g/mol. The van der Waals surface area contributed by atoms with Crippen molar-refractivity contribution in [2.45, 2.75) is 11.8 Å². The number of sulfonamides is 1. The predicted molar refractivity (Wildman–Crippen MR) is 107 cm³/mol. The van der Waals surface area contributed by atoms with Gasteiger partial charge in [-0.05, 0) is 76.4 Å². The summed E-state index contributed by atoms with van der Waals surface area (Å²) in [5.41, 5.74) is 2.70. The number of nitrogens with one attached hydrogen (secondary N) is 3. The maximum absolute atomic E-state index is 12.6. The van der Waals surface area contributed by atoms with Gasteiger partial charge in [-0.3, -0.25) is 4.79 Å². The third-order valence-electron chi connectivity index (χ3n) is 3.53. The molecule has 0 saturated heterocycles. The molecule has 1 aromatic heterocycles. The topological polar surface area (TPSA) is 104 Å². The maximum atomic E-state index is 12.6. The maximum Gasteiger partial charge on any atom is 0.322 e. The molecule has 26 heavy (non-hydrogen) atoms. The summed E-state index contributed by atoms with van der Waals surface area (Å²) >= 11 is 3.03. The normalized spacial score (nSPS) is 11.5. The molecule has 0 fully saturated rings. The molecule has 1 heterocycles. The van der Waals surface area contributed by atoms with Gasteiger partial charge < -0.3 is 5.32 Å². The van der Waals surface area contributed by atoms with Gasteiger partial charge in [-0.25, -0.2) is 13.5 Å². The second-order valence-electron chi connectivity index (χ2n) is 5.29.